The third-order valence-corrected chi connectivity index (χ3v) is 3.76. The molecule has 1 amide bonds. The Bertz CT molecular complexity index is 250. The zero-order chi connectivity index (χ0) is 13.6. The summed E-state index contributed by atoms with van der Waals surface area (Å²) in [5.74, 6) is 0.290. The van der Waals surface area contributed by atoms with Crippen molar-refractivity contribution in [3.8, 4) is 0 Å². The smallest absolute Gasteiger partial charge is 0.223 e. The van der Waals surface area contributed by atoms with Crippen LogP contribution in [0.4, 0.5) is 0 Å². The first kappa shape index (κ1) is 15.5. The molecule has 1 aliphatic rings. The summed E-state index contributed by atoms with van der Waals surface area (Å²) in [5, 5.41) is 3.38. The minimum Gasteiger partial charge on any atom is -0.343 e. The van der Waals surface area contributed by atoms with E-state index < -0.39 is 0 Å². The van der Waals surface area contributed by atoms with Crippen molar-refractivity contribution < 1.29 is 4.79 Å². The Balaban J connectivity index is 2.31. The van der Waals surface area contributed by atoms with Gasteiger partial charge in [0.05, 0.1) is 0 Å². The lowest BCUT2D eigenvalue weighted by atomic mass is 10.1. The van der Waals surface area contributed by atoms with Crippen molar-refractivity contribution in [2.45, 2.75) is 77.3 Å². The van der Waals surface area contributed by atoms with E-state index in [1.807, 2.05) is 11.9 Å². The van der Waals surface area contributed by atoms with Gasteiger partial charge in [0.25, 0.3) is 0 Å². The Kier molecular flexibility index (Phi) is 6.13. The molecule has 1 rings (SSSR count). The van der Waals surface area contributed by atoms with Crippen LogP contribution in [0, 0.1) is 0 Å². The molecule has 0 atom stereocenters. The molecule has 0 aromatic heterocycles. The minimum atomic E-state index is 0.0984. The number of hydrogen-bond donors (Lipinski definition) is 1. The standard InChI is InChI=1S/C15H30N2O/c1-15(2,3)16-12-11-14(18)17(4)13-9-7-5-6-8-10-13/h13,16H,5-12H2,1-4H3. The van der Waals surface area contributed by atoms with Crippen molar-refractivity contribution in [3.05, 3.63) is 0 Å². The third-order valence-electron chi connectivity index (χ3n) is 3.76. The lowest BCUT2D eigenvalue weighted by Gasteiger charge is -2.28. The van der Waals surface area contributed by atoms with Crippen LogP contribution in [-0.2, 0) is 4.79 Å². The second-order valence-electron chi connectivity index (χ2n) is 6.58. The summed E-state index contributed by atoms with van der Waals surface area (Å²) in [7, 11) is 1.98. The maximum absolute atomic E-state index is 12.1. The van der Waals surface area contributed by atoms with Crippen LogP contribution >= 0.6 is 0 Å². The average Bonchev–Trinajstić information content (AvgIpc) is 2.54. The van der Waals surface area contributed by atoms with Crippen LogP contribution in [0.15, 0.2) is 0 Å². The second-order valence-corrected chi connectivity index (χ2v) is 6.58. The molecule has 0 aromatic carbocycles. The summed E-state index contributed by atoms with van der Waals surface area (Å²) in [6.07, 6.45) is 8.23. The average molecular weight is 254 g/mol. The summed E-state index contributed by atoms with van der Waals surface area (Å²) in [6.45, 7) is 7.17. The second kappa shape index (κ2) is 7.13. The predicted octanol–water partition coefficient (Wildman–Crippen LogP) is 2.95. The maximum atomic E-state index is 12.1. The largest absolute Gasteiger partial charge is 0.343 e. The van der Waals surface area contributed by atoms with Crippen LogP contribution < -0.4 is 5.32 Å². The van der Waals surface area contributed by atoms with E-state index in [4.69, 9.17) is 0 Å². The fourth-order valence-corrected chi connectivity index (χ4v) is 2.57. The molecule has 18 heavy (non-hydrogen) atoms. The first-order valence-electron chi connectivity index (χ1n) is 7.41. The fourth-order valence-electron chi connectivity index (χ4n) is 2.57. The number of nitrogens with one attached hydrogen (secondary N) is 1. The molecular formula is C15H30N2O. The normalized spacial score (nSPS) is 18.4. The van der Waals surface area contributed by atoms with Crippen molar-refractivity contribution in [2.75, 3.05) is 13.6 Å². The highest BCUT2D eigenvalue weighted by atomic mass is 16.2. The van der Waals surface area contributed by atoms with Crippen molar-refractivity contribution >= 4 is 5.91 Å². The number of amides is 1. The van der Waals surface area contributed by atoms with Gasteiger partial charge < -0.3 is 10.2 Å². The fraction of sp³-hybridized carbons (Fsp3) is 0.933. The highest BCUT2D eigenvalue weighted by molar-refractivity contribution is 5.76. The Morgan fingerprint density at radius 3 is 2.22 bits per heavy atom. The molecule has 0 bridgehead atoms. The van der Waals surface area contributed by atoms with E-state index in [1.165, 1.54) is 38.5 Å². The lowest BCUT2D eigenvalue weighted by Crippen LogP contribution is -2.41. The van der Waals surface area contributed by atoms with Crippen molar-refractivity contribution in [1.29, 1.82) is 0 Å². The molecule has 0 aromatic rings. The Morgan fingerprint density at radius 2 is 1.72 bits per heavy atom. The van der Waals surface area contributed by atoms with Gasteiger partial charge in [0.2, 0.25) is 5.91 Å². The lowest BCUT2D eigenvalue weighted by molar-refractivity contribution is -0.132. The van der Waals surface area contributed by atoms with Gasteiger partial charge in [0.1, 0.15) is 0 Å². The van der Waals surface area contributed by atoms with Crippen LogP contribution in [-0.4, -0.2) is 36.0 Å². The summed E-state index contributed by atoms with van der Waals surface area (Å²) in [6, 6.07) is 0.481. The van der Waals surface area contributed by atoms with Gasteiger partial charge in [-0.1, -0.05) is 25.7 Å². The monoisotopic (exact) mass is 254 g/mol. The van der Waals surface area contributed by atoms with Gasteiger partial charge in [-0.15, -0.1) is 0 Å². The van der Waals surface area contributed by atoms with Crippen LogP contribution in [0.3, 0.4) is 0 Å². The zero-order valence-electron chi connectivity index (χ0n) is 12.6. The van der Waals surface area contributed by atoms with E-state index in [9.17, 15) is 4.79 Å². The van der Waals surface area contributed by atoms with E-state index in [2.05, 4.69) is 26.1 Å². The SMILES string of the molecule is CN(C(=O)CCNC(C)(C)C)C1CCCCCC1. The molecule has 1 fully saturated rings. The highest BCUT2D eigenvalue weighted by Gasteiger charge is 2.21. The molecule has 1 N–H and O–H groups in total. The number of carbonyl (C=O) groups is 1. The van der Waals surface area contributed by atoms with Gasteiger partial charge in [-0.3, -0.25) is 4.79 Å². The summed E-state index contributed by atoms with van der Waals surface area (Å²) in [4.78, 5) is 14.1. The molecule has 1 aliphatic carbocycles. The van der Waals surface area contributed by atoms with Gasteiger partial charge >= 0.3 is 0 Å². The van der Waals surface area contributed by atoms with Crippen LogP contribution in [0.25, 0.3) is 0 Å². The topological polar surface area (TPSA) is 32.3 Å². The first-order valence-corrected chi connectivity index (χ1v) is 7.41. The molecule has 0 radical (unpaired) electrons. The molecular weight excluding hydrogens is 224 g/mol. The van der Waals surface area contributed by atoms with Crippen molar-refractivity contribution in [1.82, 2.24) is 10.2 Å². The van der Waals surface area contributed by atoms with Crippen LogP contribution in [0.5, 0.6) is 0 Å². The minimum absolute atomic E-state index is 0.0984. The molecule has 0 spiro atoms. The number of nitrogens with zero attached hydrogens (tertiary/aromatic N) is 1. The van der Waals surface area contributed by atoms with E-state index in [0.717, 1.165) is 6.54 Å². The quantitative estimate of drug-likeness (QED) is 0.782. The molecule has 0 aliphatic heterocycles. The molecule has 0 saturated heterocycles. The number of rotatable bonds is 4. The van der Waals surface area contributed by atoms with Crippen molar-refractivity contribution in [3.63, 3.8) is 0 Å². The molecule has 3 nitrogen and oxygen atoms in total. The Hall–Kier alpha value is -0.570. The van der Waals surface area contributed by atoms with Crippen LogP contribution in [0.1, 0.15) is 65.7 Å². The van der Waals surface area contributed by atoms with Gasteiger partial charge in [-0.2, -0.15) is 0 Å². The molecule has 106 valence electrons. The van der Waals surface area contributed by atoms with Gasteiger partial charge in [-0.25, -0.2) is 0 Å². The number of carbonyl (C=O) groups excluding carboxylic acids is 1. The van der Waals surface area contributed by atoms with Crippen molar-refractivity contribution in [2.24, 2.45) is 0 Å². The summed E-state index contributed by atoms with van der Waals surface area (Å²) in [5.41, 5.74) is 0.0984. The van der Waals surface area contributed by atoms with Gasteiger partial charge in [-0.05, 0) is 33.6 Å². The first-order chi connectivity index (χ1) is 8.40. The highest BCUT2D eigenvalue weighted by Crippen LogP contribution is 2.21. The molecule has 0 heterocycles. The molecule has 3 heteroatoms. The van der Waals surface area contributed by atoms with Crippen LogP contribution in [0.2, 0.25) is 0 Å². The van der Waals surface area contributed by atoms with Gasteiger partial charge in [0, 0.05) is 31.6 Å². The maximum Gasteiger partial charge on any atom is 0.223 e. The van der Waals surface area contributed by atoms with E-state index in [1.54, 1.807) is 0 Å². The predicted molar refractivity (Wildman–Crippen MR) is 76.6 cm³/mol. The third kappa shape index (κ3) is 5.85. The summed E-state index contributed by atoms with van der Waals surface area (Å²) >= 11 is 0. The van der Waals surface area contributed by atoms with E-state index in [-0.39, 0.29) is 5.54 Å². The van der Waals surface area contributed by atoms with E-state index >= 15 is 0 Å². The Labute approximate surface area is 112 Å². The number of hydrogen-bond acceptors (Lipinski definition) is 2. The molecule has 0 unspecified atom stereocenters. The molecule has 1 saturated carbocycles. The zero-order valence-corrected chi connectivity index (χ0v) is 12.6. The Morgan fingerprint density at radius 1 is 1.17 bits per heavy atom. The van der Waals surface area contributed by atoms with Gasteiger partial charge in [0.15, 0.2) is 0 Å². The summed E-state index contributed by atoms with van der Waals surface area (Å²) < 4.78 is 0. The van der Waals surface area contributed by atoms with E-state index in [0.29, 0.717) is 18.4 Å².